The van der Waals surface area contributed by atoms with Crippen LogP contribution in [0, 0.1) is 0 Å². The standard InChI is InChI=1S/C59H62/c1-56(2,3)45-30-26-40(27-31-45)51(41-28-32-46(33-29-41)57(4,5)6)38-59(10,11)52-36-47-44(34-48(52)39-20-14-12-15-21-39)35-50-49(47)37-53(58(7,8)9)55(43-22-16-13-17-23-43)54(50)42-24-18-19-25-42/h12-34,36-38,42H,35H2,1-11H3. The molecule has 2 aliphatic rings. The Bertz CT molecular complexity index is 2510. The van der Waals surface area contributed by atoms with E-state index in [4.69, 9.17) is 0 Å². The van der Waals surface area contributed by atoms with Gasteiger partial charge in [-0.3, -0.25) is 0 Å². The van der Waals surface area contributed by atoms with E-state index in [1.54, 1.807) is 0 Å². The van der Waals surface area contributed by atoms with Crippen molar-refractivity contribution in [3.05, 3.63) is 208 Å². The Morgan fingerprint density at radius 3 is 1.47 bits per heavy atom. The molecule has 298 valence electrons. The summed E-state index contributed by atoms with van der Waals surface area (Å²) in [5, 5.41) is 0. The van der Waals surface area contributed by atoms with Crippen LogP contribution in [0.1, 0.15) is 132 Å². The fraction of sp³-hybridized carbons (Fsp3) is 0.288. The van der Waals surface area contributed by atoms with Crippen LogP contribution in [-0.4, -0.2) is 0 Å². The third kappa shape index (κ3) is 7.88. The van der Waals surface area contributed by atoms with Gasteiger partial charge in [0.2, 0.25) is 0 Å². The maximum absolute atomic E-state index is 2.57. The van der Waals surface area contributed by atoms with Gasteiger partial charge < -0.3 is 0 Å². The molecule has 0 atom stereocenters. The first-order valence-electron chi connectivity index (χ1n) is 21.7. The number of rotatable bonds is 7. The molecular weight excluding hydrogens is 709 g/mol. The summed E-state index contributed by atoms with van der Waals surface area (Å²) in [5.41, 5.74) is 21.4. The molecule has 0 radical (unpaired) electrons. The van der Waals surface area contributed by atoms with E-state index in [9.17, 15) is 0 Å². The molecule has 0 N–H and O–H groups in total. The average Bonchev–Trinajstić information content (AvgIpc) is 3.87. The molecule has 0 amide bonds. The Morgan fingerprint density at radius 1 is 0.492 bits per heavy atom. The Kier molecular flexibility index (Phi) is 10.2. The Labute approximate surface area is 355 Å². The zero-order valence-corrected chi connectivity index (χ0v) is 37.3. The third-order valence-electron chi connectivity index (χ3n) is 12.7. The van der Waals surface area contributed by atoms with Gasteiger partial charge in [0.1, 0.15) is 0 Å². The summed E-state index contributed by atoms with van der Waals surface area (Å²) < 4.78 is 0. The largest absolute Gasteiger partial charge is 0.0732 e. The van der Waals surface area contributed by atoms with E-state index in [-0.39, 0.29) is 27.6 Å². The first kappa shape index (κ1) is 40.3. The van der Waals surface area contributed by atoms with Gasteiger partial charge in [-0.25, -0.2) is 0 Å². The third-order valence-corrected chi connectivity index (χ3v) is 12.7. The predicted molar refractivity (Wildman–Crippen MR) is 256 cm³/mol. The maximum atomic E-state index is 2.57. The van der Waals surface area contributed by atoms with E-state index in [0.29, 0.717) is 0 Å². The van der Waals surface area contributed by atoms with E-state index in [0.717, 1.165) is 6.42 Å². The zero-order valence-electron chi connectivity index (χ0n) is 37.3. The number of hydrogen-bond acceptors (Lipinski definition) is 0. The van der Waals surface area contributed by atoms with Crippen molar-refractivity contribution >= 4 is 5.57 Å². The van der Waals surface area contributed by atoms with E-state index in [2.05, 4.69) is 234 Å². The first-order chi connectivity index (χ1) is 27.9. The van der Waals surface area contributed by atoms with Gasteiger partial charge in [-0.05, 0) is 130 Å². The highest BCUT2D eigenvalue weighted by Crippen LogP contribution is 2.52. The van der Waals surface area contributed by atoms with Gasteiger partial charge in [-0.1, -0.05) is 216 Å². The second-order valence-electron chi connectivity index (χ2n) is 20.7. The van der Waals surface area contributed by atoms with E-state index < -0.39 is 0 Å². The highest BCUT2D eigenvalue weighted by atomic mass is 14.4. The number of fused-ring (bicyclic) bond motifs is 3. The summed E-state index contributed by atoms with van der Waals surface area (Å²) in [7, 11) is 0. The molecule has 0 unspecified atom stereocenters. The van der Waals surface area contributed by atoms with Gasteiger partial charge in [-0.15, -0.1) is 0 Å². The topological polar surface area (TPSA) is 0 Å². The van der Waals surface area contributed by atoms with Crippen molar-refractivity contribution in [1.29, 1.82) is 0 Å². The highest BCUT2D eigenvalue weighted by Gasteiger charge is 2.34. The van der Waals surface area contributed by atoms with Crippen molar-refractivity contribution in [2.24, 2.45) is 0 Å². The van der Waals surface area contributed by atoms with E-state index in [1.807, 2.05) is 0 Å². The second kappa shape index (κ2) is 15.0. The molecule has 6 aromatic carbocycles. The lowest BCUT2D eigenvalue weighted by molar-refractivity contribution is 0.590. The van der Waals surface area contributed by atoms with Gasteiger partial charge in [0.15, 0.2) is 0 Å². The SMILES string of the molecule is CC(C)(C)c1ccc(C(=CC(C)(C)c2cc3c(cc2-c2ccccc2)Cc2c-3cc(C(C)(C)C)c(-c3ccccc3)c2C2C=CC=C2)c2ccc(C(C)(C)C)cc2)cc1. The predicted octanol–water partition coefficient (Wildman–Crippen LogP) is 16.1. The van der Waals surface area contributed by atoms with Crippen LogP contribution in [0.4, 0.5) is 0 Å². The van der Waals surface area contributed by atoms with Crippen LogP contribution in [0.3, 0.4) is 0 Å². The number of allylic oxidation sites excluding steroid dienone is 5. The van der Waals surface area contributed by atoms with Crippen LogP contribution >= 0.6 is 0 Å². The Balaban J connectivity index is 1.37. The molecule has 0 saturated carbocycles. The fourth-order valence-electron chi connectivity index (χ4n) is 9.37. The van der Waals surface area contributed by atoms with Crippen molar-refractivity contribution in [3.8, 4) is 33.4 Å². The molecular formula is C59H62. The van der Waals surface area contributed by atoms with Gasteiger partial charge >= 0.3 is 0 Å². The molecule has 2 aliphatic carbocycles. The zero-order chi connectivity index (χ0) is 41.9. The van der Waals surface area contributed by atoms with Gasteiger partial charge in [0, 0.05) is 11.3 Å². The van der Waals surface area contributed by atoms with E-state index >= 15 is 0 Å². The molecule has 0 bridgehead atoms. The molecule has 0 heteroatoms. The van der Waals surface area contributed by atoms with E-state index in [1.165, 1.54) is 89.0 Å². The van der Waals surface area contributed by atoms with Crippen LogP contribution in [-0.2, 0) is 28.1 Å². The molecule has 0 spiro atoms. The van der Waals surface area contributed by atoms with Crippen LogP contribution in [0.25, 0.3) is 39.0 Å². The van der Waals surface area contributed by atoms with Crippen molar-refractivity contribution in [1.82, 2.24) is 0 Å². The monoisotopic (exact) mass is 770 g/mol. The number of hydrogen-bond donors (Lipinski definition) is 0. The van der Waals surface area contributed by atoms with Crippen molar-refractivity contribution in [2.45, 2.75) is 110 Å². The van der Waals surface area contributed by atoms with Crippen LogP contribution in [0.15, 0.2) is 158 Å². The molecule has 0 nitrogen and oxygen atoms in total. The highest BCUT2D eigenvalue weighted by molar-refractivity contribution is 5.90. The summed E-state index contributed by atoms with van der Waals surface area (Å²) in [4.78, 5) is 0. The summed E-state index contributed by atoms with van der Waals surface area (Å²) in [5.74, 6) is 0.236. The van der Waals surface area contributed by atoms with Gasteiger partial charge in [-0.2, -0.15) is 0 Å². The van der Waals surface area contributed by atoms with Crippen molar-refractivity contribution < 1.29 is 0 Å². The Hall–Kier alpha value is -5.46. The molecule has 8 rings (SSSR count). The van der Waals surface area contributed by atoms with Crippen LogP contribution < -0.4 is 0 Å². The maximum Gasteiger partial charge on any atom is 0.0214 e. The summed E-state index contributed by atoms with van der Waals surface area (Å²) in [6.45, 7) is 25.7. The molecule has 0 fully saturated rings. The minimum atomic E-state index is -0.333. The smallest absolute Gasteiger partial charge is 0.0214 e. The molecule has 59 heavy (non-hydrogen) atoms. The van der Waals surface area contributed by atoms with Crippen molar-refractivity contribution in [3.63, 3.8) is 0 Å². The molecule has 0 saturated heterocycles. The molecule has 0 aliphatic heterocycles. The Morgan fingerprint density at radius 2 is 0.983 bits per heavy atom. The lowest BCUT2D eigenvalue weighted by Gasteiger charge is -2.30. The normalized spacial score (nSPS) is 14.1. The number of benzene rings is 6. The van der Waals surface area contributed by atoms with Gasteiger partial charge in [0.05, 0.1) is 0 Å². The fourth-order valence-corrected chi connectivity index (χ4v) is 9.37. The quantitative estimate of drug-likeness (QED) is 0.151. The van der Waals surface area contributed by atoms with Crippen LogP contribution in [0.2, 0.25) is 0 Å². The second-order valence-corrected chi connectivity index (χ2v) is 20.7. The lowest BCUT2D eigenvalue weighted by Crippen LogP contribution is -2.17. The minimum Gasteiger partial charge on any atom is -0.0732 e. The lowest BCUT2D eigenvalue weighted by atomic mass is 9.74. The summed E-state index contributed by atoms with van der Waals surface area (Å²) in [6.07, 6.45) is 12.7. The summed E-state index contributed by atoms with van der Waals surface area (Å²) in [6, 6.07) is 48.5. The minimum absolute atomic E-state index is 0.0570. The average molecular weight is 771 g/mol. The molecule has 0 aromatic heterocycles. The first-order valence-corrected chi connectivity index (χ1v) is 21.7. The van der Waals surface area contributed by atoms with Gasteiger partial charge in [0.25, 0.3) is 0 Å². The van der Waals surface area contributed by atoms with Crippen molar-refractivity contribution in [2.75, 3.05) is 0 Å². The summed E-state index contributed by atoms with van der Waals surface area (Å²) >= 11 is 0. The van der Waals surface area contributed by atoms with Crippen LogP contribution in [0.5, 0.6) is 0 Å². The molecule has 0 heterocycles. The molecule has 6 aromatic rings.